The number of nitrogens with zero attached hydrogens (tertiary/aromatic N) is 5. The molecule has 0 bridgehead atoms. The first-order valence-electron chi connectivity index (χ1n) is 15.0. The van der Waals surface area contributed by atoms with E-state index in [1.807, 2.05) is 29.2 Å². The predicted octanol–water partition coefficient (Wildman–Crippen LogP) is 7.46. The summed E-state index contributed by atoms with van der Waals surface area (Å²) in [7, 11) is 2.18. The Labute approximate surface area is 259 Å². The number of benzene rings is 2. The van der Waals surface area contributed by atoms with Gasteiger partial charge < -0.3 is 14.5 Å². The quantitative estimate of drug-likeness (QED) is 0.186. The minimum atomic E-state index is -0.0894. The third-order valence-corrected chi connectivity index (χ3v) is 10.6. The number of hydrogen-bond acceptors (Lipinski definition) is 7. The van der Waals surface area contributed by atoms with Crippen LogP contribution in [0.25, 0.3) is 21.1 Å². The molecule has 5 aromatic rings. The minimum Gasteiger partial charge on any atom is -0.372 e. The topological polar surface area (TPSA) is 71.5 Å². The molecule has 1 saturated carbocycles. The Kier molecular flexibility index (Phi) is 6.90. The van der Waals surface area contributed by atoms with E-state index in [4.69, 9.17) is 21.3 Å². The maximum atomic E-state index is 14.1. The van der Waals surface area contributed by atoms with E-state index in [1.165, 1.54) is 17.8 Å². The van der Waals surface area contributed by atoms with E-state index >= 15 is 0 Å². The van der Waals surface area contributed by atoms with Gasteiger partial charge in [0.05, 0.1) is 46.1 Å². The van der Waals surface area contributed by atoms with Gasteiger partial charge in [-0.1, -0.05) is 23.7 Å². The molecule has 3 aromatic heterocycles. The molecule has 9 heteroatoms. The molecule has 0 atom stereocenters. The summed E-state index contributed by atoms with van der Waals surface area (Å²) in [5, 5.41) is 2.73. The monoisotopic (exact) mass is 609 g/mol. The Balaban J connectivity index is 1.15. The second-order valence-corrected chi connectivity index (χ2v) is 13.5. The molecule has 43 heavy (non-hydrogen) atoms. The highest BCUT2D eigenvalue weighted by Gasteiger charge is 2.27. The lowest BCUT2D eigenvalue weighted by Gasteiger charge is -2.27. The predicted molar refractivity (Wildman–Crippen MR) is 171 cm³/mol. The summed E-state index contributed by atoms with van der Waals surface area (Å²) in [6.45, 7) is 3.61. The molecule has 1 saturated heterocycles. The molecule has 2 aliphatic heterocycles. The van der Waals surface area contributed by atoms with Gasteiger partial charge in [0.25, 0.3) is 5.91 Å². The fourth-order valence-electron chi connectivity index (χ4n) is 6.35. The lowest BCUT2D eigenvalue weighted by molar-refractivity contribution is 0.0984. The number of carbonyl (C=O) groups is 1. The standard InChI is InChI=1S/C34H32ClN5O2S/c1-39-12-10-22(11-13-39)33-38-30-15-24(6-9-31(30)43-33)40(34(41)23-5-8-28(36-16-23)21-3-4-21)17-20-2-7-25-26-18-42-19-27(26)32(35)37-29(25)14-20/h2,5-9,14-16,21-22H,3-4,10-13,17-19H2,1H3. The smallest absolute Gasteiger partial charge is 0.260 e. The zero-order valence-corrected chi connectivity index (χ0v) is 25.6. The third-order valence-electron chi connectivity index (χ3n) is 9.09. The molecule has 1 aliphatic carbocycles. The first-order valence-corrected chi connectivity index (χ1v) is 16.2. The number of hydrogen-bond donors (Lipinski definition) is 0. The Morgan fingerprint density at radius 1 is 0.977 bits per heavy atom. The van der Waals surface area contributed by atoms with Crippen LogP contribution < -0.4 is 4.90 Å². The molecule has 2 fully saturated rings. The Bertz CT molecular complexity index is 1860. The summed E-state index contributed by atoms with van der Waals surface area (Å²) in [5.74, 6) is 0.942. The van der Waals surface area contributed by atoms with Crippen LogP contribution in [0, 0.1) is 0 Å². The Hall–Kier alpha value is -3.43. The van der Waals surface area contributed by atoms with Crippen LogP contribution in [0.1, 0.15) is 75.3 Å². The van der Waals surface area contributed by atoms with Crippen LogP contribution in [0.15, 0.2) is 54.7 Å². The largest absolute Gasteiger partial charge is 0.372 e. The Morgan fingerprint density at radius 2 is 1.81 bits per heavy atom. The number of ether oxygens (including phenoxy) is 1. The molecule has 5 heterocycles. The van der Waals surface area contributed by atoms with Crippen molar-refractivity contribution in [1.82, 2.24) is 19.9 Å². The van der Waals surface area contributed by atoms with Gasteiger partial charge in [0.15, 0.2) is 0 Å². The van der Waals surface area contributed by atoms with Crippen molar-refractivity contribution in [1.29, 1.82) is 0 Å². The van der Waals surface area contributed by atoms with Crippen LogP contribution in [0.2, 0.25) is 5.15 Å². The number of likely N-dealkylation sites (tertiary alicyclic amines) is 1. The number of carbonyl (C=O) groups excluding carboxylic acids is 1. The molecule has 218 valence electrons. The molecule has 0 unspecified atom stereocenters. The molecular weight excluding hydrogens is 578 g/mol. The summed E-state index contributed by atoms with van der Waals surface area (Å²) < 4.78 is 6.81. The van der Waals surface area contributed by atoms with E-state index in [0.717, 1.165) is 75.1 Å². The normalized spacial score (nSPS) is 17.5. The number of fused-ring (bicyclic) bond motifs is 4. The zero-order chi connectivity index (χ0) is 29.1. The maximum Gasteiger partial charge on any atom is 0.260 e. The number of rotatable bonds is 6. The summed E-state index contributed by atoms with van der Waals surface area (Å²) in [6.07, 6.45) is 6.34. The molecular formula is C34H32ClN5O2S. The molecule has 0 N–H and O–H groups in total. The van der Waals surface area contributed by atoms with Crippen molar-refractivity contribution in [2.75, 3.05) is 25.0 Å². The van der Waals surface area contributed by atoms with Gasteiger partial charge in [0.1, 0.15) is 5.15 Å². The van der Waals surface area contributed by atoms with Crippen LogP contribution in [0.5, 0.6) is 0 Å². The SMILES string of the molecule is CN1CCC(c2nc3cc(N(Cc4ccc5c6c(c(Cl)nc5c4)COC6)C(=O)c4ccc(C5CC5)nc4)ccc3s2)CC1. The van der Waals surface area contributed by atoms with Gasteiger partial charge in [-0.15, -0.1) is 11.3 Å². The van der Waals surface area contributed by atoms with E-state index in [0.29, 0.717) is 42.3 Å². The second kappa shape index (κ2) is 10.9. The van der Waals surface area contributed by atoms with E-state index in [2.05, 4.69) is 46.2 Å². The van der Waals surface area contributed by atoms with E-state index in [9.17, 15) is 4.79 Å². The summed E-state index contributed by atoms with van der Waals surface area (Å²) in [6, 6.07) is 16.3. The number of thiazole rings is 1. The van der Waals surface area contributed by atoms with Crippen molar-refractivity contribution in [2.24, 2.45) is 0 Å². The summed E-state index contributed by atoms with van der Waals surface area (Å²) >= 11 is 8.30. The highest BCUT2D eigenvalue weighted by Crippen LogP contribution is 2.39. The van der Waals surface area contributed by atoms with Crippen LogP contribution in [-0.2, 0) is 24.5 Å². The number of pyridine rings is 2. The molecule has 7 nitrogen and oxygen atoms in total. The lowest BCUT2D eigenvalue weighted by atomic mass is 9.98. The van der Waals surface area contributed by atoms with Crippen molar-refractivity contribution in [3.8, 4) is 0 Å². The fourth-order valence-corrected chi connectivity index (χ4v) is 7.73. The Morgan fingerprint density at radius 3 is 2.60 bits per heavy atom. The number of amides is 1. The van der Waals surface area contributed by atoms with Crippen LogP contribution in [0.3, 0.4) is 0 Å². The average Bonchev–Trinajstić information content (AvgIpc) is 3.59. The fraction of sp³-hybridized carbons (Fsp3) is 0.353. The van der Waals surface area contributed by atoms with Gasteiger partial charge in [-0.05, 0) is 93.3 Å². The highest BCUT2D eigenvalue weighted by molar-refractivity contribution is 7.18. The van der Waals surface area contributed by atoms with Crippen molar-refractivity contribution in [3.05, 3.63) is 92.8 Å². The first kappa shape index (κ1) is 27.1. The minimum absolute atomic E-state index is 0.0894. The van der Waals surface area contributed by atoms with Gasteiger partial charge in [-0.2, -0.15) is 0 Å². The van der Waals surface area contributed by atoms with E-state index in [1.54, 1.807) is 17.5 Å². The van der Waals surface area contributed by atoms with Gasteiger partial charge >= 0.3 is 0 Å². The first-order chi connectivity index (χ1) is 21.0. The molecule has 3 aliphatic rings. The van der Waals surface area contributed by atoms with Crippen molar-refractivity contribution < 1.29 is 9.53 Å². The number of aromatic nitrogens is 3. The summed E-state index contributed by atoms with van der Waals surface area (Å²) in [4.78, 5) is 32.8. The van der Waals surface area contributed by atoms with Crippen molar-refractivity contribution >= 4 is 55.7 Å². The second-order valence-electron chi connectivity index (χ2n) is 12.1. The zero-order valence-electron chi connectivity index (χ0n) is 24.1. The highest BCUT2D eigenvalue weighted by atomic mass is 35.5. The molecule has 1 amide bonds. The third kappa shape index (κ3) is 5.20. The molecule has 0 radical (unpaired) electrons. The number of halogens is 1. The van der Waals surface area contributed by atoms with Gasteiger partial charge in [0, 0.05) is 40.4 Å². The van der Waals surface area contributed by atoms with Crippen molar-refractivity contribution in [3.63, 3.8) is 0 Å². The van der Waals surface area contributed by atoms with Crippen LogP contribution >= 0.6 is 22.9 Å². The average molecular weight is 610 g/mol. The number of anilines is 1. The van der Waals surface area contributed by atoms with Crippen LogP contribution in [0.4, 0.5) is 5.69 Å². The van der Waals surface area contributed by atoms with E-state index < -0.39 is 0 Å². The number of piperidine rings is 1. The maximum absolute atomic E-state index is 14.1. The van der Waals surface area contributed by atoms with Gasteiger partial charge in [-0.3, -0.25) is 9.78 Å². The van der Waals surface area contributed by atoms with Gasteiger partial charge in [-0.25, -0.2) is 9.97 Å². The van der Waals surface area contributed by atoms with Gasteiger partial charge in [0.2, 0.25) is 0 Å². The molecule has 0 spiro atoms. The van der Waals surface area contributed by atoms with E-state index in [-0.39, 0.29) is 5.91 Å². The molecule has 2 aromatic carbocycles. The lowest BCUT2D eigenvalue weighted by Crippen LogP contribution is -2.30. The molecule has 8 rings (SSSR count). The summed E-state index contributed by atoms with van der Waals surface area (Å²) in [5.41, 5.74) is 7.26. The van der Waals surface area contributed by atoms with Crippen LogP contribution in [-0.4, -0.2) is 45.9 Å². The van der Waals surface area contributed by atoms with Crippen molar-refractivity contribution in [2.45, 2.75) is 57.3 Å².